The van der Waals surface area contributed by atoms with Gasteiger partial charge in [0.1, 0.15) is 0 Å². The van der Waals surface area contributed by atoms with E-state index in [1.165, 1.54) is 0 Å². The molecule has 218 valence electrons. The van der Waals surface area contributed by atoms with Crippen molar-refractivity contribution in [2.45, 2.75) is 145 Å². The second-order valence-electron chi connectivity index (χ2n) is 11.9. The van der Waals surface area contributed by atoms with Crippen LogP contribution in [0.15, 0.2) is 0 Å². The number of rotatable bonds is 24. The van der Waals surface area contributed by atoms with Crippen LogP contribution in [0.1, 0.15) is 115 Å². The average molecular weight is 519 g/mol. The molecule has 0 aliphatic heterocycles. The van der Waals surface area contributed by atoms with E-state index in [9.17, 15) is 0 Å². The zero-order chi connectivity index (χ0) is 27.6. The predicted molar refractivity (Wildman–Crippen MR) is 150 cm³/mol. The maximum absolute atomic E-state index is 6.09. The summed E-state index contributed by atoms with van der Waals surface area (Å²) in [5, 5.41) is 0. The highest BCUT2D eigenvalue weighted by Gasteiger charge is 2.26. The van der Waals surface area contributed by atoms with E-state index in [0.29, 0.717) is 37.5 Å². The molecule has 0 rings (SSSR count). The minimum absolute atomic E-state index is 0.0820. The van der Waals surface area contributed by atoms with Crippen LogP contribution in [0.4, 0.5) is 0 Å². The van der Waals surface area contributed by atoms with E-state index in [0.717, 1.165) is 38.5 Å². The van der Waals surface area contributed by atoms with Gasteiger partial charge in [0.05, 0.1) is 36.5 Å². The summed E-state index contributed by atoms with van der Waals surface area (Å²) < 4.78 is 0. The highest BCUT2D eigenvalue weighted by molar-refractivity contribution is 4.81. The first kappa shape index (κ1) is 35.7. The van der Waals surface area contributed by atoms with E-state index >= 15 is 0 Å². The Balaban J connectivity index is 5.25. The highest BCUT2D eigenvalue weighted by Crippen LogP contribution is 2.15. The summed E-state index contributed by atoms with van der Waals surface area (Å²) in [6, 6.07) is -0.250. The Kier molecular flexibility index (Phi) is 20.4. The van der Waals surface area contributed by atoms with Gasteiger partial charge in [-0.05, 0) is 71.1 Å². The Morgan fingerprint density at radius 3 is 2.00 bits per heavy atom. The van der Waals surface area contributed by atoms with Gasteiger partial charge in [0.25, 0.3) is 0 Å². The van der Waals surface area contributed by atoms with E-state index in [-0.39, 0.29) is 29.9 Å². The van der Waals surface area contributed by atoms with Crippen molar-refractivity contribution in [2.24, 2.45) is 17.8 Å². The molecule has 0 saturated carbocycles. The Hall–Kier alpha value is -0.320. The van der Waals surface area contributed by atoms with Crippen LogP contribution in [0.5, 0.6) is 0 Å². The maximum Gasteiger partial charge on any atom is 0.0840 e. The Morgan fingerprint density at radius 1 is 0.778 bits per heavy atom. The van der Waals surface area contributed by atoms with Gasteiger partial charge >= 0.3 is 0 Å². The molecule has 0 spiro atoms. The fraction of sp³-hybridized carbons (Fsp3) is 1.00. The Bertz CT molecular complexity index is 508. The van der Waals surface area contributed by atoms with Crippen LogP contribution < -0.4 is 21.9 Å². The number of hydrogen-bond acceptors (Lipinski definition) is 8. The SMILES string of the molecule is CCCC(C)(C)ONCC(NOCCCC(C)C)C(CNOC(C)CC(C)C)NOC(C)C(C)CC. The summed E-state index contributed by atoms with van der Waals surface area (Å²) >= 11 is 0. The molecule has 0 radical (unpaired) electrons. The van der Waals surface area contributed by atoms with Crippen LogP contribution in [-0.4, -0.2) is 49.6 Å². The van der Waals surface area contributed by atoms with E-state index in [2.05, 4.69) is 98.1 Å². The third-order valence-corrected chi connectivity index (χ3v) is 6.49. The zero-order valence-corrected chi connectivity index (χ0v) is 25.5. The van der Waals surface area contributed by atoms with E-state index < -0.39 is 0 Å². The van der Waals surface area contributed by atoms with Gasteiger partial charge in [-0.15, -0.1) is 0 Å². The van der Waals surface area contributed by atoms with Gasteiger partial charge in [0.2, 0.25) is 0 Å². The number of hydroxylamine groups is 4. The monoisotopic (exact) mass is 518 g/mol. The van der Waals surface area contributed by atoms with Gasteiger partial charge in [-0.25, -0.2) is 11.0 Å². The smallest absolute Gasteiger partial charge is 0.0840 e. The molecule has 8 nitrogen and oxygen atoms in total. The van der Waals surface area contributed by atoms with Crippen molar-refractivity contribution in [1.82, 2.24) is 21.9 Å². The van der Waals surface area contributed by atoms with Crippen molar-refractivity contribution < 1.29 is 19.4 Å². The van der Waals surface area contributed by atoms with Crippen molar-refractivity contribution in [3.8, 4) is 0 Å². The summed E-state index contributed by atoms with van der Waals surface area (Å²) in [6.45, 7) is 25.6. The Morgan fingerprint density at radius 2 is 1.42 bits per heavy atom. The van der Waals surface area contributed by atoms with Gasteiger partial charge in [0, 0.05) is 13.1 Å². The van der Waals surface area contributed by atoms with Gasteiger partial charge < -0.3 is 4.84 Å². The normalized spacial score (nSPS) is 16.9. The quantitative estimate of drug-likeness (QED) is 0.0957. The summed E-state index contributed by atoms with van der Waals surface area (Å²) in [6.07, 6.45) is 6.46. The minimum Gasteiger partial charge on any atom is -0.301 e. The molecule has 0 aliphatic rings. The fourth-order valence-corrected chi connectivity index (χ4v) is 3.88. The summed E-state index contributed by atoms with van der Waals surface area (Å²) in [7, 11) is 0. The van der Waals surface area contributed by atoms with Crippen molar-refractivity contribution in [3.05, 3.63) is 0 Å². The molecule has 0 fully saturated rings. The van der Waals surface area contributed by atoms with Crippen molar-refractivity contribution in [2.75, 3.05) is 19.7 Å². The molecular weight excluding hydrogens is 456 g/mol. The van der Waals surface area contributed by atoms with Gasteiger partial charge in [-0.2, -0.15) is 11.0 Å². The van der Waals surface area contributed by atoms with Gasteiger partial charge in [-0.3, -0.25) is 14.5 Å². The molecule has 0 heterocycles. The van der Waals surface area contributed by atoms with Crippen LogP contribution in [0.3, 0.4) is 0 Å². The van der Waals surface area contributed by atoms with Crippen molar-refractivity contribution in [1.29, 1.82) is 0 Å². The second kappa shape index (κ2) is 20.6. The molecule has 5 unspecified atom stereocenters. The predicted octanol–water partition coefficient (Wildman–Crippen LogP) is 5.69. The van der Waals surface area contributed by atoms with Crippen molar-refractivity contribution in [3.63, 3.8) is 0 Å². The third-order valence-electron chi connectivity index (χ3n) is 6.49. The maximum atomic E-state index is 6.09. The van der Waals surface area contributed by atoms with Gasteiger partial charge in [0.15, 0.2) is 0 Å². The van der Waals surface area contributed by atoms with Crippen LogP contribution in [-0.2, 0) is 19.4 Å². The molecule has 0 aromatic rings. The molecule has 0 bridgehead atoms. The van der Waals surface area contributed by atoms with E-state index in [4.69, 9.17) is 19.4 Å². The number of nitrogens with one attached hydrogen (secondary N) is 4. The molecule has 4 N–H and O–H groups in total. The Labute approximate surface area is 223 Å². The first-order chi connectivity index (χ1) is 16.9. The lowest BCUT2D eigenvalue weighted by atomic mass is 10.0. The van der Waals surface area contributed by atoms with Crippen molar-refractivity contribution >= 4 is 0 Å². The summed E-state index contributed by atoms with van der Waals surface area (Å²) in [5.41, 5.74) is 12.7. The highest BCUT2D eigenvalue weighted by atomic mass is 16.7. The lowest BCUT2D eigenvalue weighted by Gasteiger charge is -2.32. The average Bonchev–Trinajstić information content (AvgIpc) is 2.78. The lowest BCUT2D eigenvalue weighted by molar-refractivity contribution is -0.115. The molecule has 0 aromatic heterocycles. The minimum atomic E-state index is -0.241. The fourth-order valence-electron chi connectivity index (χ4n) is 3.88. The van der Waals surface area contributed by atoms with E-state index in [1.54, 1.807) is 0 Å². The largest absolute Gasteiger partial charge is 0.301 e. The summed E-state index contributed by atoms with van der Waals surface area (Å²) in [4.78, 5) is 23.9. The summed E-state index contributed by atoms with van der Waals surface area (Å²) in [5.74, 6) is 1.69. The van der Waals surface area contributed by atoms with Crippen LogP contribution >= 0.6 is 0 Å². The topological polar surface area (TPSA) is 85.0 Å². The zero-order valence-electron chi connectivity index (χ0n) is 25.5. The molecule has 8 heteroatoms. The third kappa shape index (κ3) is 18.9. The lowest BCUT2D eigenvalue weighted by Crippen LogP contribution is -2.57. The van der Waals surface area contributed by atoms with Crippen LogP contribution in [0.2, 0.25) is 0 Å². The number of hydrogen-bond donors (Lipinski definition) is 4. The molecule has 0 aromatic carbocycles. The van der Waals surface area contributed by atoms with Crippen LogP contribution in [0, 0.1) is 17.8 Å². The molecule has 0 aliphatic carbocycles. The molecule has 0 saturated heterocycles. The first-order valence-electron chi connectivity index (χ1n) is 14.5. The van der Waals surface area contributed by atoms with E-state index in [1.807, 2.05) is 0 Å². The molecule has 36 heavy (non-hydrogen) atoms. The van der Waals surface area contributed by atoms with Gasteiger partial charge in [-0.1, -0.05) is 61.3 Å². The standard InChI is InChI=1S/C28H62N4O4/c1-12-16-28(10,11)36-30-20-26(31-33-17-14-15-21(3)4)27(32-35-25(9)23(7)13-2)19-29-34-24(8)18-22(5)6/h21-27,29-32H,12-20H2,1-11H3. The first-order valence-corrected chi connectivity index (χ1v) is 14.5. The van der Waals surface area contributed by atoms with Crippen LogP contribution in [0.25, 0.3) is 0 Å². The second-order valence-corrected chi connectivity index (χ2v) is 11.9. The molecular formula is C28H62N4O4. The molecule has 5 atom stereocenters. The molecule has 0 amide bonds.